The Morgan fingerprint density at radius 1 is 1.35 bits per heavy atom. The lowest BCUT2D eigenvalue weighted by Gasteiger charge is -2.41. The molecule has 2 rings (SSSR count). The second-order valence-electron chi connectivity index (χ2n) is 5.80. The van der Waals surface area contributed by atoms with E-state index in [-0.39, 0.29) is 24.4 Å². The molecule has 2 N–H and O–H groups in total. The fraction of sp³-hybridized carbons (Fsp3) is 0.562. The Kier molecular flexibility index (Phi) is 6.03. The summed E-state index contributed by atoms with van der Waals surface area (Å²) < 4.78 is 0. The van der Waals surface area contributed by atoms with Crippen molar-refractivity contribution < 1.29 is 4.79 Å². The van der Waals surface area contributed by atoms with E-state index >= 15 is 0 Å². The first-order chi connectivity index (χ1) is 9.00. The third-order valence-electron chi connectivity index (χ3n) is 4.02. The summed E-state index contributed by atoms with van der Waals surface area (Å²) in [4.78, 5) is 14.3. The summed E-state index contributed by atoms with van der Waals surface area (Å²) in [6.45, 7) is 6.90. The molecule has 4 heteroatoms. The maximum absolute atomic E-state index is 12.3. The zero-order valence-electron chi connectivity index (χ0n) is 12.5. The molecule has 1 aromatic carbocycles. The Morgan fingerprint density at radius 3 is 2.50 bits per heavy atom. The third kappa shape index (κ3) is 3.53. The standard InChI is InChI=1S/C16H24N2O.ClH/c1-11-6-8-14(9-7-11)15-12(2)5-4-10-18(15)16(19)13(3)17;/h6-9,12-13,15H,4-5,10,17H2,1-3H3;1H/t12?,13-,15?;/m0./s1. The van der Waals surface area contributed by atoms with Gasteiger partial charge in [-0.1, -0.05) is 36.8 Å². The number of aryl methyl sites for hydroxylation is 1. The van der Waals surface area contributed by atoms with Crippen LogP contribution in [0.15, 0.2) is 24.3 Å². The largest absolute Gasteiger partial charge is 0.334 e. The second-order valence-corrected chi connectivity index (χ2v) is 5.80. The van der Waals surface area contributed by atoms with Crippen LogP contribution in [-0.2, 0) is 4.79 Å². The van der Waals surface area contributed by atoms with Crippen LogP contribution >= 0.6 is 12.4 Å². The van der Waals surface area contributed by atoms with E-state index in [9.17, 15) is 4.79 Å². The molecule has 1 aromatic rings. The number of carbonyl (C=O) groups is 1. The number of hydrogen-bond donors (Lipinski definition) is 1. The number of rotatable bonds is 2. The number of nitrogens with zero attached hydrogens (tertiary/aromatic N) is 1. The molecule has 1 fully saturated rings. The topological polar surface area (TPSA) is 46.3 Å². The van der Waals surface area contributed by atoms with Crippen molar-refractivity contribution in [3.05, 3.63) is 35.4 Å². The number of carbonyl (C=O) groups excluding carboxylic acids is 1. The van der Waals surface area contributed by atoms with E-state index < -0.39 is 6.04 Å². The molecule has 0 spiro atoms. The van der Waals surface area contributed by atoms with Crippen molar-refractivity contribution in [1.82, 2.24) is 4.90 Å². The minimum atomic E-state index is -0.418. The number of amides is 1. The number of likely N-dealkylation sites (tertiary alicyclic amines) is 1. The van der Waals surface area contributed by atoms with E-state index in [1.54, 1.807) is 6.92 Å². The fourth-order valence-corrected chi connectivity index (χ4v) is 2.97. The van der Waals surface area contributed by atoms with Gasteiger partial charge >= 0.3 is 0 Å². The summed E-state index contributed by atoms with van der Waals surface area (Å²) in [6, 6.07) is 8.27. The predicted molar refractivity (Wildman–Crippen MR) is 84.9 cm³/mol. The van der Waals surface area contributed by atoms with Crippen LogP contribution in [0.2, 0.25) is 0 Å². The van der Waals surface area contributed by atoms with Crippen LogP contribution in [0.1, 0.15) is 43.9 Å². The van der Waals surface area contributed by atoms with Crippen molar-refractivity contribution in [2.45, 2.75) is 45.7 Å². The van der Waals surface area contributed by atoms with Gasteiger partial charge in [0, 0.05) is 6.54 Å². The minimum Gasteiger partial charge on any atom is -0.334 e. The van der Waals surface area contributed by atoms with Crippen LogP contribution in [0.3, 0.4) is 0 Å². The SMILES string of the molecule is Cc1ccc(C2C(C)CCCN2C(=O)[C@H](C)N)cc1.Cl. The lowest BCUT2D eigenvalue weighted by molar-refractivity contribution is -0.137. The van der Waals surface area contributed by atoms with Gasteiger partial charge in [-0.15, -0.1) is 12.4 Å². The van der Waals surface area contributed by atoms with Crippen LogP contribution in [0.25, 0.3) is 0 Å². The Morgan fingerprint density at radius 2 is 1.95 bits per heavy atom. The van der Waals surface area contributed by atoms with E-state index in [1.165, 1.54) is 17.5 Å². The molecule has 3 atom stereocenters. The Hall–Kier alpha value is -1.06. The molecule has 0 radical (unpaired) electrons. The van der Waals surface area contributed by atoms with Crippen molar-refractivity contribution in [3.63, 3.8) is 0 Å². The zero-order chi connectivity index (χ0) is 14.0. The first-order valence-electron chi connectivity index (χ1n) is 7.13. The van der Waals surface area contributed by atoms with Gasteiger partial charge in [0.05, 0.1) is 12.1 Å². The fourth-order valence-electron chi connectivity index (χ4n) is 2.97. The van der Waals surface area contributed by atoms with E-state index in [0.717, 1.165) is 13.0 Å². The van der Waals surface area contributed by atoms with E-state index in [0.29, 0.717) is 5.92 Å². The predicted octanol–water partition coefficient (Wildman–Crippen LogP) is 3.06. The summed E-state index contributed by atoms with van der Waals surface area (Å²) in [6.07, 6.45) is 2.24. The van der Waals surface area contributed by atoms with E-state index in [1.807, 2.05) is 4.90 Å². The third-order valence-corrected chi connectivity index (χ3v) is 4.02. The molecule has 2 unspecified atom stereocenters. The molecule has 112 valence electrons. The van der Waals surface area contributed by atoms with Gasteiger partial charge in [-0.05, 0) is 38.2 Å². The van der Waals surface area contributed by atoms with Crippen molar-refractivity contribution in [3.8, 4) is 0 Å². The lowest BCUT2D eigenvalue weighted by Crippen LogP contribution is -2.48. The Bertz CT molecular complexity index is 444. The van der Waals surface area contributed by atoms with Crippen LogP contribution < -0.4 is 5.73 Å². The van der Waals surface area contributed by atoms with Gasteiger partial charge in [-0.25, -0.2) is 0 Å². The van der Waals surface area contributed by atoms with Crippen molar-refractivity contribution >= 4 is 18.3 Å². The van der Waals surface area contributed by atoms with Crippen molar-refractivity contribution in [1.29, 1.82) is 0 Å². The highest BCUT2D eigenvalue weighted by atomic mass is 35.5. The molecule has 1 aliphatic rings. The maximum Gasteiger partial charge on any atom is 0.239 e. The molecule has 1 aliphatic heterocycles. The molecule has 1 amide bonds. The average Bonchev–Trinajstić information content (AvgIpc) is 2.39. The van der Waals surface area contributed by atoms with Gasteiger partial charge in [0.25, 0.3) is 0 Å². The monoisotopic (exact) mass is 296 g/mol. The molecule has 1 heterocycles. The number of benzene rings is 1. The first-order valence-corrected chi connectivity index (χ1v) is 7.13. The molecule has 0 aromatic heterocycles. The van der Waals surface area contributed by atoms with Gasteiger partial charge in [-0.2, -0.15) is 0 Å². The maximum atomic E-state index is 12.3. The second kappa shape index (κ2) is 7.09. The summed E-state index contributed by atoms with van der Waals surface area (Å²) in [5.74, 6) is 0.552. The molecule has 20 heavy (non-hydrogen) atoms. The molecule has 0 aliphatic carbocycles. The Balaban J connectivity index is 0.00000200. The summed E-state index contributed by atoms with van der Waals surface area (Å²) >= 11 is 0. The summed E-state index contributed by atoms with van der Waals surface area (Å²) in [5.41, 5.74) is 8.26. The number of hydrogen-bond acceptors (Lipinski definition) is 2. The molecule has 3 nitrogen and oxygen atoms in total. The van der Waals surface area contributed by atoms with Crippen LogP contribution in [0.4, 0.5) is 0 Å². The molecule has 0 saturated carbocycles. The normalized spacial score (nSPS) is 23.9. The van der Waals surface area contributed by atoms with Gasteiger partial charge in [0.15, 0.2) is 0 Å². The molecular weight excluding hydrogens is 272 g/mol. The van der Waals surface area contributed by atoms with E-state index in [4.69, 9.17) is 5.73 Å². The highest BCUT2D eigenvalue weighted by molar-refractivity contribution is 5.85. The highest BCUT2D eigenvalue weighted by Crippen LogP contribution is 2.36. The number of nitrogens with two attached hydrogens (primary N) is 1. The highest BCUT2D eigenvalue weighted by Gasteiger charge is 2.33. The molecular formula is C16H25ClN2O. The van der Waals surface area contributed by atoms with Gasteiger partial charge in [0.2, 0.25) is 5.91 Å². The Labute approximate surface area is 127 Å². The first kappa shape index (κ1) is 17.0. The number of halogens is 1. The van der Waals surface area contributed by atoms with Crippen molar-refractivity contribution in [2.75, 3.05) is 6.54 Å². The van der Waals surface area contributed by atoms with Crippen molar-refractivity contribution in [2.24, 2.45) is 11.7 Å². The van der Waals surface area contributed by atoms with E-state index in [2.05, 4.69) is 38.1 Å². The summed E-state index contributed by atoms with van der Waals surface area (Å²) in [5, 5.41) is 0. The quantitative estimate of drug-likeness (QED) is 0.912. The van der Waals surface area contributed by atoms with Gasteiger partial charge < -0.3 is 10.6 Å². The van der Waals surface area contributed by atoms with Gasteiger partial charge in [-0.3, -0.25) is 4.79 Å². The van der Waals surface area contributed by atoms with Gasteiger partial charge in [0.1, 0.15) is 0 Å². The zero-order valence-corrected chi connectivity index (χ0v) is 13.3. The number of piperidine rings is 1. The van der Waals surface area contributed by atoms with Crippen LogP contribution in [0.5, 0.6) is 0 Å². The lowest BCUT2D eigenvalue weighted by atomic mass is 9.85. The van der Waals surface area contributed by atoms with Crippen LogP contribution in [0, 0.1) is 12.8 Å². The van der Waals surface area contributed by atoms with Crippen LogP contribution in [-0.4, -0.2) is 23.4 Å². The smallest absolute Gasteiger partial charge is 0.239 e. The summed E-state index contributed by atoms with van der Waals surface area (Å²) in [7, 11) is 0. The molecule has 0 bridgehead atoms. The molecule has 1 saturated heterocycles. The average molecular weight is 297 g/mol. The minimum absolute atomic E-state index is 0.